The van der Waals surface area contributed by atoms with Crippen LogP contribution in [-0.2, 0) is 21.2 Å². The maximum absolute atomic E-state index is 13.9. The van der Waals surface area contributed by atoms with Gasteiger partial charge < -0.3 is 19.9 Å². The van der Waals surface area contributed by atoms with Crippen LogP contribution in [0.4, 0.5) is 17.1 Å². The summed E-state index contributed by atoms with van der Waals surface area (Å²) in [5, 5.41) is 4.81. The van der Waals surface area contributed by atoms with Crippen LogP contribution in [0.5, 0.6) is 5.75 Å². The maximum Gasteiger partial charge on any atom is 0.243 e. The number of rotatable bonds is 10. The Balaban J connectivity index is 1.40. The van der Waals surface area contributed by atoms with E-state index in [0.717, 1.165) is 21.9 Å². The molecular formula is C31H34N4O4S2. The number of thiophene rings is 1. The van der Waals surface area contributed by atoms with E-state index in [1.54, 1.807) is 25.3 Å². The summed E-state index contributed by atoms with van der Waals surface area (Å²) in [4.78, 5) is 18.1. The largest absolute Gasteiger partial charge is 0.495 e. The summed E-state index contributed by atoms with van der Waals surface area (Å²) < 4.78 is 36.1. The molecule has 2 heterocycles. The van der Waals surface area contributed by atoms with Gasteiger partial charge in [-0.15, -0.1) is 11.3 Å². The van der Waals surface area contributed by atoms with E-state index < -0.39 is 16.1 Å². The van der Waals surface area contributed by atoms with E-state index in [0.29, 0.717) is 37.6 Å². The lowest BCUT2D eigenvalue weighted by Crippen LogP contribution is -2.47. The second-order valence-electron chi connectivity index (χ2n) is 9.89. The van der Waals surface area contributed by atoms with Gasteiger partial charge in [-0.05, 0) is 54.3 Å². The lowest BCUT2D eigenvalue weighted by molar-refractivity contribution is -0.115. The van der Waals surface area contributed by atoms with E-state index in [1.165, 1.54) is 11.3 Å². The Morgan fingerprint density at radius 3 is 2.27 bits per heavy atom. The molecule has 4 aromatic rings. The lowest BCUT2D eigenvalue weighted by atomic mass is 10.1. The maximum atomic E-state index is 13.9. The van der Waals surface area contributed by atoms with Crippen LogP contribution in [0.1, 0.15) is 23.4 Å². The first kappa shape index (κ1) is 28.7. The van der Waals surface area contributed by atoms with Crippen molar-refractivity contribution in [1.82, 2.24) is 4.72 Å². The molecule has 0 radical (unpaired) electrons. The molecule has 0 saturated carbocycles. The first-order chi connectivity index (χ1) is 19.8. The average Bonchev–Trinajstić information content (AvgIpc) is 3.50. The third-order valence-corrected chi connectivity index (χ3v) is 9.57. The number of carbonyl (C=O) groups is 1. The van der Waals surface area contributed by atoms with Crippen LogP contribution in [0.25, 0.3) is 0 Å². The molecule has 8 nitrogen and oxygen atoms in total. The van der Waals surface area contributed by atoms with Crippen molar-refractivity contribution in [2.45, 2.75) is 24.3 Å². The van der Waals surface area contributed by atoms with Crippen LogP contribution in [0.3, 0.4) is 0 Å². The number of piperazine rings is 1. The van der Waals surface area contributed by atoms with Gasteiger partial charge in [0.25, 0.3) is 0 Å². The van der Waals surface area contributed by atoms with Crippen LogP contribution in [0.2, 0.25) is 0 Å². The smallest absolute Gasteiger partial charge is 0.243 e. The molecule has 3 aromatic carbocycles. The van der Waals surface area contributed by atoms with Gasteiger partial charge in [0.2, 0.25) is 15.9 Å². The molecule has 1 aliphatic heterocycles. The third-order valence-electron chi connectivity index (χ3n) is 7.13. The normalized spacial score (nSPS) is 14.5. The fourth-order valence-corrected chi connectivity index (χ4v) is 7.22. The van der Waals surface area contributed by atoms with Crippen LogP contribution in [0, 0.1) is 0 Å². The fourth-order valence-electron chi connectivity index (χ4n) is 5.03. The van der Waals surface area contributed by atoms with Gasteiger partial charge >= 0.3 is 0 Å². The molecule has 41 heavy (non-hydrogen) atoms. The predicted octanol–water partition coefficient (Wildman–Crippen LogP) is 5.30. The highest BCUT2D eigenvalue weighted by molar-refractivity contribution is 7.89. The second kappa shape index (κ2) is 12.8. The predicted molar refractivity (Wildman–Crippen MR) is 166 cm³/mol. The number of ether oxygens (including phenoxy) is 1. The average molecular weight is 591 g/mol. The van der Waals surface area contributed by atoms with E-state index in [9.17, 15) is 13.2 Å². The monoisotopic (exact) mass is 590 g/mol. The number of hydrogen-bond acceptors (Lipinski definition) is 7. The molecule has 1 amide bonds. The Morgan fingerprint density at radius 1 is 0.902 bits per heavy atom. The summed E-state index contributed by atoms with van der Waals surface area (Å²) in [7, 11) is -2.28. The van der Waals surface area contributed by atoms with Crippen molar-refractivity contribution in [2.75, 3.05) is 48.4 Å². The molecule has 0 unspecified atom stereocenters. The molecule has 5 rings (SSSR count). The van der Waals surface area contributed by atoms with E-state index >= 15 is 0 Å². The second-order valence-corrected chi connectivity index (χ2v) is 12.6. The number of hydrogen-bond donors (Lipinski definition) is 2. The number of para-hydroxylation sites is 2. The Hall–Kier alpha value is -3.86. The molecule has 10 heteroatoms. The van der Waals surface area contributed by atoms with Crippen molar-refractivity contribution in [3.63, 3.8) is 0 Å². The molecule has 0 spiro atoms. The van der Waals surface area contributed by atoms with Gasteiger partial charge in [0.15, 0.2) is 0 Å². The minimum atomic E-state index is -3.95. The molecule has 1 fully saturated rings. The highest BCUT2D eigenvalue weighted by Gasteiger charge is 2.28. The van der Waals surface area contributed by atoms with Gasteiger partial charge in [0.05, 0.1) is 24.9 Å². The van der Waals surface area contributed by atoms with Crippen molar-refractivity contribution >= 4 is 44.3 Å². The van der Waals surface area contributed by atoms with Gasteiger partial charge in [-0.3, -0.25) is 4.79 Å². The van der Waals surface area contributed by atoms with E-state index in [2.05, 4.69) is 19.8 Å². The highest BCUT2D eigenvalue weighted by Crippen LogP contribution is 2.33. The molecular weight excluding hydrogens is 556 g/mol. The third kappa shape index (κ3) is 6.90. The standard InChI is InChI=1S/C31H34N4O4S2/c1-23(24-9-4-3-5-10-24)33-41(37,38)30-21-25(32-31(36)22-26-11-8-20-40-26)14-15-28(30)35-18-16-34(17-19-35)27-12-6-7-13-29(27)39-2/h3-15,20-21,23,33H,16-19,22H2,1-2H3,(H,32,36)/t23-/m1/s1. The van der Waals surface area contributed by atoms with Crippen LogP contribution in [0.15, 0.2) is 95.2 Å². The number of anilines is 3. The number of amides is 1. The molecule has 0 aliphatic carbocycles. The lowest BCUT2D eigenvalue weighted by Gasteiger charge is -2.38. The van der Waals surface area contributed by atoms with Gasteiger partial charge in [0.1, 0.15) is 10.6 Å². The summed E-state index contributed by atoms with van der Waals surface area (Å²) in [6.45, 7) is 4.48. The van der Waals surface area contributed by atoms with Crippen LogP contribution in [-0.4, -0.2) is 47.6 Å². The topological polar surface area (TPSA) is 91.0 Å². The molecule has 214 valence electrons. The van der Waals surface area contributed by atoms with Crippen molar-refractivity contribution in [3.05, 3.63) is 101 Å². The van der Waals surface area contributed by atoms with Crippen molar-refractivity contribution in [2.24, 2.45) is 0 Å². The summed E-state index contributed by atoms with van der Waals surface area (Å²) in [6.07, 6.45) is 0.232. The van der Waals surface area contributed by atoms with Gasteiger partial charge in [-0.2, -0.15) is 0 Å². The quantitative estimate of drug-likeness (QED) is 0.260. The summed E-state index contributed by atoms with van der Waals surface area (Å²) in [5.74, 6) is 0.616. The van der Waals surface area contributed by atoms with Crippen molar-refractivity contribution < 1.29 is 17.9 Å². The zero-order valence-electron chi connectivity index (χ0n) is 23.1. The van der Waals surface area contributed by atoms with Crippen LogP contribution >= 0.6 is 11.3 Å². The SMILES string of the molecule is COc1ccccc1N1CCN(c2ccc(NC(=O)Cc3cccs3)cc2S(=O)(=O)N[C@H](C)c2ccccc2)CC1. The number of nitrogens with zero attached hydrogens (tertiary/aromatic N) is 2. The van der Waals surface area contributed by atoms with E-state index in [4.69, 9.17) is 4.74 Å². The summed E-state index contributed by atoms with van der Waals surface area (Å²) >= 11 is 1.51. The number of sulfonamides is 1. The van der Waals surface area contributed by atoms with Crippen molar-refractivity contribution in [3.8, 4) is 5.75 Å². The fraction of sp³-hybridized carbons (Fsp3) is 0.258. The van der Waals surface area contributed by atoms with Crippen LogP contribution < -0.4 is 24.6 Å². The summed E-state index contributed by atoms with van der Waals surface area (Å²) in [6, 6.07) is 25.9. The minimum absolute atomic E-state index is 0.139. The number of benzene rings is 3. The minimum Gasteiger partial charge on any atom is -0.495 e. The number of carbonyl (C=O) groups excluding carboxylic acids is 1. The zero-order chi connectivity index (χ0) is 28.8. The Labute approximate surface area is 245 Å². The molecule has 1 aliphatic rings. The van der Waals surface area contributed by atoms with Crippen molar-refractivity contribution in [1.29, 1.82) is 0 Å². The van der Waals surface area contributed by atoms with Gasteiger partial charge in [0, 0.05) is 42.8 Å². The first-order valence-electron chi connectivity index (χ1n) is 13.5. The molecule has 1 aromatic heterocycles. The Kier molecular flexibility index (Phi) is 8.92. The Bertz CT molecular complexity index is 1570. The number of methoxy groups -OCH3 is 1. The molecule has 1 atom stereocenters. The number of nitrogens with one attached hydrogen (secondary N) is 2. The van der Waals surface area contributed by atoms with E-state index in [-0.39, 0.29) is 17.2 Å². The zero-order valence-corrected chi connectivity index (χ0v) is 24.8. The highest BCUT2D eigenvalue weighted by atomic mass is 32.2. The first-order valence-corrected chi connectivity index (χ1v) is 15.9. The molecule has 1 saturated heterocycles. The summed E-state index contributed by atoms with van der Waals surface area (Å²) in [5.41, 5.74) is 2.93. The Morgan fingerprint density at radius 2 is 1.59 bits per heavy atom. The molecule has 0 bridgehead atoms. The van der Waals surface area contributed by atoms with Gasteiger partial charge in [-0.1, -0.05) is 48.5 Å². The molecule has 2 N–H and O–H groups in total. The van der Waals surface area contributed by atoms with Gasteiger partial charge in [-0.25, -0.2) is 13.1 Å². The van der Waals surface area contributed by atoms with E-state index in [1.807, 2.05) is 79.0 Å².